The summed E-state index contributed by atoms with van der Waals surface area (Å²) in [5.41, 5.74) is 0.145. The molecule has 3 aliphatic rings. The van der Waals surface area contributed by atoms with Crippen molar-refractivity contribution >= 4 is 11.9 Å². The molecule has 3 rings (SSSR count). The molecule has 2 aliphatic heterocycles. The summed E-state index contributed by atoms with van der Waals surface area (Å²) >= 11 is 0. The van der Waals surface area contributed by atoms with Crippen LogP contribution in [0.2, 0.25) is 0 Å². The van der Waals surface area contributed by atoms with Gasteiger partial charge in [0, 0.05) is 62.7 Å². The fourth-order valence-corrected chi connectivity index (χ4v) is 4.83. The molecule has 3 atom stereocenters. The van der Waals surface area contributed by atoms with Crippen molar-refractivity contribution in [2.45, 2.75) is 59.2 Å². The zero-order chi connectivity index (χ0) is 19.6. The number of hydrogen-bond donors (Lipinski definition) is 2. The number of carbonyl (C=O) groups excluding carboxylic acids is 1. The standard InChI is InChI=1S/C20H37N5O2/c1-6-21-19(23-17-15-7-12-27-18(15)20(17,4)5)25-10-8-24(9-11-25)13-16(26)22-14(2)3/h14-15,17-18H,6-13H2,1-5H3,(H,21,23)(H,22,26). The van der Waals surface area contributed by atoms with Gasteiger partial charge in [0.25, 0.3) is 0 Å². The average molecular weight is 380 g/mol. The van der Waals surface area contributed by atoms with E-state index in [9.17, 15) is 4.79 Å². The molecule has 2 heterocycles. The third kappa shape index (κ3) is 4.40. The monoisotopic (exact) mass is 379 g/mol. The highest BCUT2D eigenvalue weighted by molar-refractivity contribution is 5.81. The van der Waals surface area contributed by atoms with Gasteiger partial charge < -0.3 is 20.3 Å². The summed E-state index contributed by atoms with van der Waals surface area (Å²) in [6, 6.07) is 0.616. The molecule has 2 N–H and O–H groups in total. The lowest BCUT2D eigenvalue weighted by Gasteiger charge is -2.55. The summed E-state index contributed by atoms with van der Waals surface area (Å²) in [5, 5.41) is 6.74. The summed E-state index contributed by atoms with van der Waals surface area (Å²) < 4.78 is 5.92. The number of nitrogens with zero attached hydrogens (tertiary/aromatic N) is 3. The van der Waals surface area contributed by atoms with Crippen LogP contribution < -0.4 is 10.6 Å². The van der Waals surface area contributed by atoms with Crippen LogP contribution in [0.3, 0.4) is 0 Å². The Labute approximate surface area is 163 Å². The highest BCUT2D eigenvalue weighted by Gasteiger charge is 2.59. The molecular formula is C20H37N5O2. The quantitative estimate of drug-likeness (QED) is 0.549. The van der Waals surface area contributed by atoms with Crippen LogP contribution in [-0.4, -0.2) is 85.7 Å². The van der Waals surface area contributed by atoms with Gasteiger partial charge in [0.05, 0.1) is 12.6 Å². The maximum Gasteiger partial charge on any atom is 0.234 e. The maximum atomic E-state index is 12.0. The largest absolute Gasteiger partial charge is 0.377 e. The average Bonchev–Trinajstić information content (AvgIpc) is 3.05. The van der Waals surface area contributed by atoms with E-state index in [0.717, 1.165) is 51.7 Å². The number of rotatable bonds is 5. The van der Waals surface area contributed by atoms with Gasteiger partial charge in [0.2, 0.25) is 5.91 Å². The van der Waals surface area contributed by atoms with Crippen LogP contribution in [0.1, 0.15) is 41.0 Å². The molecule has 154 valence electrons. The SMILES string of the molecule is CCN=C(NC1C2CCOC2C1(C)C)N1CCN(CC(=O)NC(C)C)CC1. The smallest absolute Gasteiger partial charge is 0.234 e. The first-order valence-corrected chi connectivity index (χ1v) is 10.5. The Bertz CT molecular complexity index is 555. The van der Waals surface area contributed by atoms with Crippen LogP contribution in [0.25, 0.3) is 0 Å². The van der Waals surface area contributed by atoms with Crippen LogP contribution >= 0.6 is 0 Å². The fraction of sp³-hybridized carbons (Fsp3) is 0.900. The van der Waals surface area contributed by atoms with Crippen molar-refractivity contribution in [1.82, 2.24) is 20.4 Å². The van der Waals surface area contributed by atoms with Crippen molar-refractivity contribution < 1.29 is 9.53 Å². The van der Waals surface area contributed by atoms with E-state index in [4.69, 9.17) is 9.73 Å². The Kier molecular flexibility index (Phi) is 6.31. The second kappa shape index (κ2) is 8.35. The molecule has 1 saturated carbocycles. The number of aliphatic imine (C=N–C) groups is 1. The van der Waals surface area contributed by atoms with Crippen molar-refractivity contribution in [1.29, 1.82) is 0 Å². The molecule has 0 aromatic carbocycles. The lowest BCUT2D eigenvalue weighted by molar-refractivity contribution is -0.123. The van der Waals surface area contributed by atoms with E-state index in [1.165, 1.54) is 0 Å². The Morgan fingerprint density at radius 1 is 1.26 bits per heavy atom. The van der Waals surface area contributed by atoms with Crippen LogP contribution in [0, 0.1) is 11.3 Å². The summed E-state index contributed by atoms with van der Waals surface area (Å²) in [6.07, 6.45) is 1.53. The summed E-state index contributed by atoms with van der Waals surface area (Å²) in [6.45, 7) is 16.4. The second-order valence-corrected chi connectivity index (χ2v) is 8.97. The number of ether oxygens (including phenoxy) is 1. The fourth-order valence-electron chi connectivity index (χ4n) is 4.83. The first-order chi connectivity index (χ1) is 12.8. The molecule has 7 nitrogen and oxygen atoms in total. The van der Waals surface area contributed by atoms with Crippen molar-refractivity contribution in [3.8, 4) is 0 Å². The van der Waals surface area contributed by atoms with Crippen molar-refractivity contribution in [2.75, 3.05) is 45.9 Å². The summed E-state index contributed by atoms with van der Waals surface area (Å²) in [7, 11) is 0. The highest BCUT2D eigenvalue weighted by Crippen LogP contribution is 2.52. The minimum absolute atomic E-state index is 0.113. The van der Waals surface area contributed by atoms with Crippen molar-refractivity contribution in [3.05, 3.63) is 0 Å². The molecule has 3 fully saturated rings. The van der Waals surface area contributed by atoms with Crippen LogP contribution in [0.15, 0.2) is 4.99 Å². The molecule has 1 amide bonds. The van der Waals surface area contributed by atoms with E-state index in [2.05, 4.69) is 41.2 Å². The Hall–Kier alpha value is -1.34. The lowest BCUT2D eigenvalue weighted by Crippen LogP contribution is -2.68. The van der Waals surface area contributed by atoms with Gasteiger partial charge in [0.1, 0.15) is 0 Å². The molecule has 0 aromatic rings. The number of guanidine groups is 1. The molecule has 2 saturated heterocycles. The minimum atomic E-state index is 0.113. The van der Waals surface area contributed by atoms with E-state index in [0.29, 0.717) is 24.6 Å². The van der Waals surface area contributed by atoms with E-state index < -0.39 is 0 Å². The Morgan fingerprint density at radius 2 is 1.96 bits per heavy atom. The molecule has 27 heavy (non-hydrogen) atoms. The molecule has 3 unspecified atom stereocenters. The number of hydrogen-bond acceptors (Lipinski definition) is 4. The number of carbonyl (C=O) groups is 1. The van der Waals surface area contributed by atoms with Gasteiger partial charge in [-0.05, 0) is 27.2 Å². The topological polar surface area (TPSA) is 69.2 Å². The Balaban J connectivity index is 1.53. The molecule has 0 spiro atoms. The van der Waals surface area contributed by atoms with E-state index in [1.54, 1.807) is 0 Å². The van der Waals surface area contributed by atoms with Crippen LogP contribution in [-0.2, 0) is 9.53 Å². The molecule has 7 heteroatoms. The molecule has 0 bridgehead atoms. The maximum absolute atomic E-state index is 12.0. The van der Waals surface area contributed by atoms with Gasteiger partial charge >= 0.3 is 0 Å². The van der Waals surface area contributed by atoms with Gasteiger partial charge in [-0.1, -0.05) is 13.8 Å². The molecule has 0 radical (unpaired) electrons. The number of amides is 1. The predicted octanol–water partition coefficient (Wildman–Crippen LogP) is 0.908. The predicted molar refractivity (Wildman–Crippen MR) is 108 cm³/mol. The first-order valence-electron chi connectivity index (χ1n) is 10.5. The summed E-state index contributed by atoms with van der Waals surface area (Å²) in [5.74, 6) is 1.73. The highest BCUT2D eigenvalue weighted by atomic mass is 16.5. The number of fused-ring (bicyclic) bond motifs is 1. The van der Waals surface area contributed by atoms with Gasteiger partial charge in [-0.15, -0.1) is 0 Å². The molecule has 0 aromatic heterocycles. The van der Waals surface area contributed by atoms with Gasteiger partial charge in [-0.2, -0.15) is 0 Å². The normalized spacial score (nSPS) is 30.8. The van der Waals surface area contributed by atoms with E-state index in [1.807, 2.05) is 13.8 Å². The number of nitrogens with one attached hydrogen (secondary N) is 2. The van der Waals surface area contributed by atoms with Crippen molar-refractivity contribution in [2.24, 2.45) is 16.3 Å². The summed E-state index contributed by atoms with van der Waals surface area (Å²) in [4.78, 5) is 21.3. The lowest BCUT2D eigenvalue weighted by atomic mass is 9.57. The Morgan fingerprint density at radius 3 is 2.59 bits per heavy atom. The van der Waals surface area contributed by atoms with Gasteiger partial charge in [-0.25, -0.2) is 0 Å². The van der Waals surface area contributed by atoms with Crippen LogP contribution in [0.4, 0.5) is 0 Å². The first kappa shape index (κ1) is 20.4. The second-order valence-electron chi connectivity index (χ2n) is 8.97. The van der Waals surface area contributed by atoms with E-state index >= 15 is 0 Å². The third-order valence-corrected chi connectivity index (χ3v) is 6.18. The van der Waals surface area contributed by atoms with Crippen molar-refractivity contribution in [3.63, 3.8) is 0 Å². The van der Waals surface area contributed by atoms with Gasteiger partial charge in [-0.3, -0.25) is 14.7 Å². The van der Waals surface area contributed by atoms with E-state index in [-0.39, 0.29) is 17.4 Å². The third-order valence-electron chi connectivity index (χ3n) is 6.18. The van der Waals surface area contributed by atoms with Crippen LogP contribution in [0.5, 0.6) is 0 Å². The minimum Gasteiger partial charge on any atom is -0.377 e. The number of piperazine rings is 1. The molecule has 1 aliphatic carbocycles. The zero-order valence-corrected chi connectivity index (χ0v) is 17.6. The zero-order valence-electron chi connectivity index (χ0n) is 17.6. The van der Waals surface area contributed by atoms with Gasteiger partial charge in [0.15, 0.2) is 5.96 Å². The molecular weight excluding hydrogens is 342 g/mol.